The second-order valence-corrected chi connectivity index (χ2v) is 10.8. The predicted octanol–water partition coefficient (Wildman–Crippen LogP) is 6.69. The Labute approximate surface area is 236 Å². The Hall–Kier alpha value is -4.39. The summed E-state index contributed by atoms with van der Waals surface area (Å²) in [5.74, 6) is -0.744. The molecule has 3 aromatic rings. The highest BCUT2D eigenvalue weighted by Gasteiger charge is 2.38. The summed E-state index contributed by atoms with van der Waals surface area (Å²) in [5.41, 5.74) is 4.51. The lowest BCUT2D eigenvalue weighted by Gasteiger charge is -2.37. The summed E-state index contributed by atoms with van der Waals surface area (Å²) in [6.07, 6.45) is 0.711. The fourth-order valence-electron chi connectivity index (χ4n) is 4.80. The van der Waals surface area contributed by atoms with Crippen molar-refractivity contribution in [3.05, 3.63) is 107 Å². The molecule has 3 aromatic carbocycles. The molecule has 0 radical (unpaired) electrons. The van der Waals surface area contributed by atoms with Crippen LogP contribution in [0.1, 0.15) is 74.1 Å². The number of urea groups is 1. The zero-order valence-corrected chi connectivity index (χ0v) is 23.8. The summed E-state index contributed by atoms with van der Waals surface area (Å²) in [7, 11) is 0. The van der Waals surface area contributed by atoms with Crippen LogP contribution in [0.5, 0.6) is 0 Å². The molecule has 40 heavy (non-hydrogen) atoms. The largest absolute Gasteiger partial charge is 0.463 e. The number of nitrogens with one attached hydrogen (secondary N) is 2. The third-order valence-electron chi connectivity index (χ3n) is 6.81. The molecule has 0 bridgehead atoms. The van der Waals surface area contributed by atoms with Crippen molar-refractivity contribution in [3.8, 4) is 0 Å². The van der Waals surface area contributed by atoms with Gasteiger partial charge in [-0.3, -0.25) is 9.69 Å². The van der Waals surface area contributed by atoms with Crippen LogP contribution in [-0.2, 0) is 14.9 Å². The second-order valence-electron chi connectivity index (χ2n) is 10.8. The van der Waals surface area contributed by atoms with Gasteiger partial charge in [0.1, 0.15) is 0 Å². The molecule has 0 aromatic heterocycles. The van der Waals surface area contributed by atoms with Gasteiger partial charge in [-0.15, -0.1) is 0 Å². The number of carbonyl (C=O) groups excluding carboxylic acids is 3. The molecule has 7 nitrogen and oxygen atoms in total. The molecule has 7 heteroatoms. The first-order chi connectivity index (χ1) is 19.1. The van der Waals surface area contributed by atoms with E-state index in [4.69, 9.17) is 4.74 Å². The van der Waals surface area contributed by atoms with E-state index in [9.17, 15) is 14.4 Å². The first kappa shape index (κ1) is 28.6. The topological polar surface area (TPSA) is 87.7 Å². The van der Waals surface area contributed by atoms with Gasteiger partial charge in [0, 0.05) is 17.8 Å². The Balaban J connectivity index is 1.73. The maximum atomic E-state index is 13.4. The van der Waals surface area contributed by atoms with Crippen LogP contribution in [0.15, 0.2) is 84.4 Å². The van der Waals surface area contributed by atoms with Crippen LogP contribution < -0.4 is 10.6 Å². The Morgan fingerprint density at radius 2 is 1.65 bits per heavy atom. The van der Waals surface area contributed by atoms with Crippen molar-refractivity contribution in [2.45, 2.75) is 52.5 Å². The van der Waals surface area contributed by atoms with Gasteiger partial charge in [-0.2, -0.15) is 0 Å². The van der Waals surface area contributed by atoms with Crippen LogP contribution in [0.25, 0.3) is 5.70 Å². The van der Waals surface area contributed by atoms with E-state index in [1.807, 2.05) is 67.6 Å². The van der Waals surface area contributed by atoms with Crippen molar-refractivity contribution >= 4 is 29.3 Å². The molecular formula is C33H37N3O4. The van der Waals surface area contributed by atoms with Crippen molar-refractivity contribution in [1.29, 1.82) is 0 Å². The molecule has 3 amide bonds. The Kier molecular flexibility index (Phi) is 8.73. The van der Waals surface area contributed by atoms with Crippen molar-refractivity contribution < 1.29 is 19.1 Å². The first-order valence-electron chi connectivity index (χ1n) is 13.7. The van der Waals surface area contributed by atoms with Gasteiger partial charge in [-0.1, -0.05) is 82.3 Å². The van der Waals surface area contributed by atoms with E-state index in [2.05, 4.69) is 31.4 Å². The summed E-state index contributed by atoms with van der Waals surface area (Å²) in [6.45, 7) is 10.8. The van der Waals surface area contributed by atoms with Crippen LogP contribution in [-0.4, -0.2) is 36.0 Å². The maximum absolute atomic E-state index is 13.4. The molecule has 208 valence electrons. The molecule has 1 unspecified atom stereocenters. The molecular weight excluding hydrogens is 502 g/mol. The zero-order valence-electron chi connectivity index (χ0n) is 23.8. The van der Waals surface area contributed by atoms with E-state index in [1.165, 1.54) is 0 Å². The van der Waals surface area contributed by atoms with Crippen molar-refractivity contribution in [2.24, 2.45) is 0 Å². The fourth-order valence-corrected chi connectivity index (χ4v) is 4.80. The third-order valence-corrected chi connectivity index (χ3v) is 6.81. The first-order valence-corrected chi connectivity index (χ1v) is 13.7. The quantitative estimate of drug-likeness (QED) is 0.312. The zero-order chi connectivity index (χ0) is 28.9. The van der Waals surface area contributed by atoms with Crippen molar-refractivity contribution in [2.75, 3.05) is 18.5 Å². The lowest BCUT2D eigenvalue weighted by Crippen LogP contribution is -2.48. The molecule has 0 saturated heterocycles. The number of hydrogen-bond donors (Lipinski definition) is 2. The minimum Gasteiger partial charge on any atom is -0.463 e. The summed E-state index contributed by atoms with van der Waals surface area (Å²) >= 11 is 0. The molecule has 0 fully saturated rings. The average Bonchev–Trinajstić information content (AvgIpc) is 2.94. The summed E-state index contributed by atoms with van der Waals surface area (Å²) in [6, 6.07) is 23.1. The fraction of sp³-hybridized carbons (Fsp3) is 0.303. The number of esters is 1. The van der Waals surface area contributed by atoms with Gasteiger partial charge in [0.15, 0.2) is 0 Å². The number of rotatable bonds is 8. The molecule has 1 aliphatic heterocycles. The van der Waals surface area contributed by atoms with E-state index in [0.717, 1.165) is 11.1 Å². The minimum absolute atomic E-state index is 0.0107. The van der Waals surface area contributed by atoms with Crippen molar-refractivity contribution in [3.63, 3.8) is 0 Å². The number of ether oxygens (including phenoxy) is 1. The van der Waals surface area contributed by atoms with E-state index < -0.39 is 12.0 Å². The van der Waals surface area contributed by atoms with Crippen LogP contribution in [0.2, 0.25) is 0 Å². The summed E-state index contributed by atoms with van der Waals surface area (Å²) in [4.78, 5) is 41.5. The van der Waals surface area contributed by atoms with Gasteiger partial charge in [-0.25, -0.2) is 9.59 Å². The van der Waals surface area contributed by atoms with Gasteiger partial charge in [0.05, 0.1) is 23.9 Å². The van der Waals surface area contributed by atoms with Crippen LogP contribution >= 0.6 is 0 Å². The third kappa shape index (κ3) is 6.25. The summed E-state index contributed by atoms with van der Waals surface area (Å²) < 4.78 is 5.49. The van der Waals surface area contributed by atoms with Gasteiger partial charge >= 0.3 is 12.0 Å². The Morgan fingerprint density at radius 3 is 2.27 bits per heavy atom. The molecule has 0 saturated carbocycles. The average molecular weight is 540 g/mol. The molecule has 1 aliphatic rings. The molecule has 4 rings (SSSR count). The van der Waals surface area contributed by atoms with E-state index in [-0.39, 0.29) is 24.0 Å². The van der Waals surface area contributed by atoms with Crippen LogP contribution in [0.4, 0.5) is 10.5 Å². The monoisotopic (exact) mass is 539 g/mol. The number of hydrogen-bond acceptors (Lipinski definition) is 4. The van der Waals surface area contributed by atoms with Crippen LogP contribution in [0, 0.1) is 0 Å². The van der Waals surface area contributed by atoms with Gasteiger partial charge in [0.25, 0.3) is 5.91 Å². The molecule has 1 heterocycles. The maximum Gasteiger partial charge on any atom is 0.338 e. The highest BCUT2D eigenvalue weighted by molar-refractivity contribution is 6.06. The summed E-state index contributed by atoms with van der Waals surface area (Å²) in [5, 5.41) is 5.96. The minimum atomic E-state index is -0.766. The lowest BCUT2D eigenvalue weighted by molar-refractivity contribution is -0.138. The number of amides is 3. The number of carbonyl (C=O) groups is 3. The van der Waals surface area contributed by atoms with E-state index >= 15 is 0 Å². The highest BCUT2D eigenvalue weighted by Crippen LogP contribution is 2.37. The van der Waals surface area contributed by atoms with E-state index in [1.54, 1.807) is 30.0 Å². The smallest absolute Gasteiger partial charge is 0.338 e. The Bertz CT molecular complexity index is 1410. The number of anilines is 1. The lowest BCUT2D eigenvalue weighted by atomic mass is 9.86. The van der Waals surface area contributed by atoms with E-state index in [0.29, 0.717) is 41.1 Å². The van der Waals surface area contributed by atoms with Crippen LogP contribution in [0.3, 0.4) is 0 Å². The highest BCUT2D eigenvalue weighted by atomic mass is 16.5. The standard InChI is InChI=1S/C33H37N3O4/c1-6-20-36-29(22-12-9-8-10-13-22)27(31(38)40-7-2)28(35-32(36)39)24-14-11-15-26(21-24)34-30(37)23-16-18-25(19-17-23)33(3,4)5/h8-19,21,28H,6-7,20H2,1-5H3,(H,34,37)(H,35,39). The predicted molar refractivity (Wildman–Crippen MR) is 158 cm³/mol. The van der Waals surface area contributed by atoms with Gasteiger partial charge < -0.3 is 15.4 Å². The SMILES string of the molecule is CCCN1C(=O)NC(c2cccc(NC(=O)c3ccc(C(C)(C)C)cc3)c2)C(C(=O)OCC)=C1c1ccccc1. The molecule has 0 spiro atoms. The van der Waals surface area contributed by atoms with Gasteiger partial charge in [0.2, 0.25) is 0 Å². The number of nitrogens with zero attached hydrogens (tertiary/aromatic N) is 1. The van der Waals surface area contributed by atoms with Gasteiger partial charge in [-0.05, 0) is 59.7 Å². The molecule has 2 N–H and O–H groups in total. The second kappa shape index (κ2) is 12.2. The molecule has 1 atom stereocenters. The normalized spacial score (nSPS) is 15.5. The van der Waals surface area contributed by atoms with Crippen molar-refractivity contribution in [1.82, 2.24) is 10.2 Å². The molecule has 0 aliphatic carbocycles. The Morgan fingerprint density at radius 1 is 0.950 bits per heavy atom. The number of benzene rings is 3.